The fourth-order valence-electron chi connectivity index (χ4n) is 2.41. The van der Waals surface area contributed by atoms with Crippen LogP contribution in [0, 0.1) is 0 Å². The predicted molar refractivity (Wildman–Crippen MR) is 71.4 cm³/mol. The summed E-state index contributed by atoms with van der Waals surface area (Å²) >= 11 is 0. The Morgan fingerprint density at radius 3 is 2.80 bits per heavy atom. The molecule has 1 aromatic heterocycles. The maximum atomic E-state index is 11.3. The van der Waals surface area contributed by atoms with Crippen LogP contribution in [0.4, 0.5) is 0 Å². The number of rotatable bonds is 5. The summed E-state index contributed by atoms with van der Waals surface area (Å²) in [5.74, 6) is 0.381. The summed E-state index contributed by atoms with van der Waals surface area (Å²) in [5, 5.41) is 10.4. The van der Waals surface area contributed by atoms with E-state index in [0.717, 1.165) is 0 Å². The van der Waals surface area contributed by atoms with Crippen molar-refractivity contribution in [1.82, 2.24) is 4.90 Å². The Balaban J connectivity index is 1.89. The van der Waals surface area contributed by atoms with Gasteiger partial charge >= 0.3 is 5.97 Å². The number of esters is 1. The van der Waals surface area contributed by atoms with E-state index >= 15 is 0 Å². The van der Waals surface area contributed by atoms with Crippen LogP contribution in [0.25, 0.3) is 0 Å². The highest BCUT2D eigenvalue weighted by Gasteiger charge is 2.31. The fourth-order valence-corrected chi connectivity index (χ4v) is 2.41. The molecule has 0 unspecified atom stereocenters. The van der Waals surface area contributed by atoms with Gasteiger partial charge in [0.25, 0.3) is 0 Å². The quantitative estimate of drug-likeness (QED) is 0.814. The summed E-state index contributed by atoms with van der Waals surface area (Å²) in [7, 11) is 3.23. The summed E-state index contributed by atoms with van der Waals surface area (Å²) in [4.78, 5) is 13.3. The van der Waals surface area contributed by atoms with Gasteiger partial charge in [-0.2, -0.15) is 0 Å². The van der Waals surface area contributed by atoms with Crippen LogP contribution in [0.5, 0.6) is 0 Å². The number of aliphatic hydroxyl groups is 1. The van der Waals surface area contributed by atoms with Crippen molar-refractivity contribution in [2.45, 2.75) is 25.0 Å². The highest BCUT2D eigenvalue weighted by atomic mass is 16.5. The monoisotopic (exact) mass is 283 g/mol. The molecule has 20 heavy (non-hydrogen) atoms. The standard InChI is InChI=1S/C14H21NO5/c1-15(10-14(17)5-7-19-8-6-14)9-11-3-4-12(20-11)13(16)18-2/h3-4,17H,5-10H2,1-2H3. The minimum Gasteiger partial charge on any atom is -0.463 e. The van der Waals surface area contributed by atoms with Gasteiger partial charge in [-0.25, -0.2) is 4.79 Å². The largest absolute Gasteiger partial charge is 0.463 e. The van der Waals surface area contributed by atoms with Crippen molar-refractivity contribution in [3.05, 3.63) is 23.7 Å². The molecule has 1 saturated heterocycles. The summed E-state index contributed by atoms with van der Waals surface area (Å²) in [6.45, 7) is 2.26. The Morgan fingerprint density at radius 1 is 1.45 bits per heavy atom. The molecule has 0 aliphatic carbocycles. The molecule has 6 nitrogen and oxygen atoms in total. The SMILES string of the molecule is COC(=O)c1ccc(CN(C)CC2(O)CCOCC2)o1. The van der Waals surface area contributed by atoms with Gasteiger partial charge in [-0.3, -0.25) is 4.90 Å². The second-order valence-corrected chi connectivity index (χ2v) is 5.27. The van der Waals surface area contributed by atoms with E-state index < -0.39 is 11.6 Å². The number of likely N-dealkylation sites (N-methyl/N-ethyl adjacent to an activating group) is 1. The lowest BCUT2D eigenvalue weighted by molar-refractivity contribution is -0.0782. The number of furan rings is 1. The third-order valence-corrected chi connectivity index (χ3v) is 3.46. The zero-order chi connectivity index (χ0) is 14.6. The second-order valence-electron chi connectivity index (χ2n) is 5.27. The van der Waals surface area contributed by atoms with E-state index in [1.807, 2.05) is 11.9 Å². The van der Waals surface area contributed by atoms with Crippen molar-refractivity contribution in [1.29, 1.82) is 0 Å². The molecule has 1 aliphatic rings. The summed E-state index contributed by atoms with van der Waals surface area (Å²) < 4.78 is 15.3. The first-order chi connectivity index (χ1) is 9.52. The summed E-state index contributed by atoms with van der Waals surface area (Å²) in [5.41, 5.74) is -0.704. The van der Waals surface area contributed by atoms with Crippen molar-refractivity contribution >= 4 is 5.97 Å². The van der Waals surface area contributed by atoms with Gasteiger partial charge in [0.2, 0.25) is 5.76 Å². The molecular formula is C14H21NO5. The van der Waals surface area contributed by atoms with Crippen LogP contribution in [0.1, 0.15) is 29.2 Å². The third-order valence-electron chi connectivity index (χ3n) is 3.46. The van der Waals surface area contributed by atoms with E-state index in [-0.39, 0.29) is 5.76 Å². The first-order valence-electron chi connectivity index (χ1n) is 6.68. The molecule has 1 aromatic rings. The molecule has 2 heterocycles. The van der Waals surface area contributed by atoms with Crippen LogP contribution in [0.3, 0.4) is 0 Å². The average Bonchev–Trinajstić information content (AvgIpc) is 2.86. The number of methoxy groups -OCH3 is 1. The molecule has 0 saturated carbocycles. The number of hydrogen-bond donors (Lipinski definition) is 1. The number of nitrogens with zero attached hydrogens (tertiary/aromatic N) is 1. The van der Waals surface area contributed by atoms with Gasteiger partial charge in [-0.1, -0.05) is 0 Å². The molecule has 0 amide bonds. The third kappa shape index (κ3) is 3.82. The number of ether oxygens (including phenoxy) is 2. The normalized spacial score (nSPS) is 18.2. The van der Waals surface area contributed by atoms with Crippen LogP contribution in [-0.4, -0.2) is 55.5 Å². The van der Waals surface area contributed by atoms with Gasteiger partial charge in [-0.15, -0.1) is 0 Å². The molecule has 0 radical (unpaired) electrons. The second kappa shape index (κ2) is 6.39. The van der Waals surface area contributed by atoms with Crippen LogP contribution >= 0.6 is 0 Å². The van der Waals surface area contributed by atoms with Crippen LogP contribution in [0.15, 0.2) is 16.5 Å². The van der Waals surface area contributed by atoms with E-state index in [0.29, 0.717) is 44.9 Å². The van der Waals surface area contributed by atoms with Gasteiger partial charge < -0.3 is 19.0 Å². The molecule has 1 aliphatic heterocycles. The smallest absolute Gasteiger partial charge is 0.373 e. The zero-order valence-corrected chi connectivity index (χ0v) is 11.9. The lowest BCUT2D eigenvalue weighted by Crippen LogP contribution is -2.45. The van der Waals surface area contributed by atoms with Crippen molar-refractivity contribution in [2.24, 2.45) is 0 Å². The summed E-state index contributed by atoms with van der Waals surface area (Å²) in [6.07, 6.45) is 1.28. The van der Waals surface area contributed by atoms with E-state index in [4.69, 9.17) is 9.15 Å². The highest BCUT2D eigenvalue weighted by molar-refractivity contribution is 5.86. The lowest BCUT2D eigenvalue weighted by atomic mass is 9.94. The topological polar surface area (TPSA) is 72.1 Å². The van der Waals surface area contributed by atoms with Gasteiger partial charge in [-0.05, 0) is 19.2 Å². The number of hydrogen-bond acceptors (Lipinski definition) is 6. The van der Waals surface area contributed by atoms with Gasteiger partial charge in [0.05, 0.1) is 19.3 Å². The average molecular weight is 283 g/mol. The maximum absolute atomic E-state index is 11.3. The number of carbonyl (C=O) groups excluding carboxylic acids is 1. The first kappa shape index (κ1) is 15.0. The molecule has 1 fully saturated rings. The molecule has 112 valence electrons. The Hall–Kier alpha value is -1.37. The highest BCUT2D eigenvalue weighted by Crippen LogP contribution is 2.22. The minimum absolute atomic E-state index is 0.195. The maximum Gasteiger partial charge on any atom is 0.373 e. The molecule has 6 heteroatoms. The number of carbonyl (C=O) groups is 1. The van der Waals surface area contributed by atoms with Crippen molar-refractivity contribution < 1.29 is 23.8 Å². The van der Waals surface area contributed by atoms with E-state index in [1.54, 1.807) is 12.1 Å². The predicted octanol–water partition coefficient (Wildman–Crippen LogP) is 1.04. The lowest BCUT2D eigenvalue weighted by Gasteiger charge is -2.35. The first-order valence-corrected chi connectivity index (χ1v) is 6.68. The molecular weight excluding hydrogens is 262 g/mol. The van der Waals surface area contributed by atoms with E-state index in [2.05, 4.69) is 4.74 Å². The minimum atomic E-state index is -0.704. The Bertz CT molecular complexity index is 450. The van der Waals surface area contributed by atoms with Crippen molar-refractivity contribution in [3.63, 3.8) is 0 Å². The molecule has 0 spiro atoms. The van der Waals surface area contributed by atoms with Crippen LogP contribution < -0.4 is 0 Å². The van der Waals surface area contributed by atoms with Gasteiger partial charge in [0.15, 0.2) is 0 Å². The molecule has 0 atom stereocenters. The molecule has 0 bridgehead atoms. The van der Waals surface area contributed by atoms with Crippen molar-refractivity contribution in [3.8, 4) is 0 Å². The van der Waals surface area contributed by atoms with E-state index in [9.17, 15) is 9.90 Å². The Labute approximate surface area is 118 Å². The summed E-state index contributed by atoms with van der Waals surface area (Å²) in [6, 6.07) is 3.34. The molecule has 1 N–H and O–H groups in total. The van der Waals surface area contributed by atoms with Gasteiger partial charge in [0, 0.05) is 32.6 Å². The van der Waals surface area contributed by atoms with Crippen LogP contribution in [0.2, 0.25) is 0 Å². The Kier molecular flexibility index (Phi) is 4.80. The molecule has 2 rings (SSSR count). The van der Waals surface area contributed by atoms with E-state index in [1.165, 1.54) is 7.11 Å². The molecule has 0 aromatic carbocycles. The Morgan fingerprint density at radius 2 is 2.15 bits per heavy atom. The fraction of sp³-hybridized carbons (Fsp3) is 0.643. The van der Waals surface area contributed by atoms with Gasteiger partial charge in [0.1, 0.15) is 5.76 Å². The van der Waals surface area contributed by atoms with Crippen LogP contribution in [-0.2, 0) is 16.0 Å². The van der Waals surface area contributed by atoms with Crippen molar-refractivity contribution in [2.75, 3.05) is 33.9 Å². The zero-order valence-electron chi connectivity index (χ0n) is 11.9.